The Hall–Kier alpha value is -0.350. The summed E-state index contributed by atoms with van der Waals surface area (Å²) in [6.45, 7) is 9.66. The summed E-state index contributed by atoms with van der Waals surface area (Å²) >= 11 is 3.61. The summed E-state index contributed by atoms with van der Waals surface area (Å²) in [5.74, 6) is 0. The fourth-order valence-corrected chi connectivity index (χ4v) is 2.74. The van der Waals surface area contributed by atoms with E-state index in [0.29, 0.717) is 0 Å². The highest BCUT2D eigenvalue weighted by atomic mass is 79.9. The van der Waals surface area contributed by atoms with E-state index in [1.807, 2.05) is 18.7 Å². The van der Waals surface area contributed by atoms with Gasteiger partial charge in [-0.15, -0.1) is 0 Å². The molecule has 0 saturated carbocycles. The number of rotatable bonds is 6. The summed E-state index contributed by atoms with van der Waals surface area (Å²) in [7, 11) is 2.00. The van der Waals surface area contributed by atoms with E-state index >= 15 is 0 Å². The number of nitrogens with zero attached hydrogens (tertiary/aromatic N) is 2. The van der Waals surface area contributed by atoms with Crippen molar-refractivity contribution < 1.29 is 0 Å². The molecule has 0 spiro atoms. The van der Waals surface area contributed by atoms with Gasteiger partial charge in [-0.2, -0.15) is 5.10 Å². The fraction of sp³-hybridized carbons (Fsp3) is 0.769. The third kappa shape index (κ3) is 3.10. The van der Waals surface area contributed by atoms with Gasteiger partial charge in [-0.1, -0.05) is 20.8 Å². The molecule has 0 atom stereocenters. The molecule has 0 unspecified atom stereocenters. The highest BCUT2D eigenvalue weighted by molar-refractivity contribution is 9.10. The predicted molar refractivity (Wildman–Crippen MR) is 76.1 cm³/mol. The maximum absolute atomic E-state index is 4.42. The summed E-state index contributed by atoms with van der Waals surface area (Å²) in [5.41, 5.74) is 2.54. The molecule has 0 bridgehead atoms. The zero-order valence-corrected chi connectivity index (χ0v) is 13.2. The van der Waals surface area contributed by atoms with Crippen LogP contribution in [-0.2, 0) is 13.6 Å². The highest BCUT2D eigenvalue weighted by Crippen LogP contribution is 2.23. The number of hydrogen-bond acceptors (Lipinski definition) is 2. The lowest BCUT2D eigenvalue weighted by Crippen LogP contribution is -2.43. The number of halogens is 1. The summed E-state index contributed by atoms with van der Waals surface area (Å²) in [6, 6.07) is 0. The van der Waals surface area contributed by atoms with Gasteiger partial charge in [-0.25, -0.2) is 0 Å². The van der Waals surface area contributed by atoms with Crippen LogP contribution in [-0.4, -0.2) is 15.3 Å². The average molecular weight is 302 g/mol. The van der Waals surface area contributed by atoms with Crippen LogP contribution >= 0.6 is 15.9 Å². The quantitative estimate of drug-likeness (QED) is 0.871. The van der Waals surface area contributed by atoms with E-state index in [4.69, 9.17) is 0 Å². The van der Waals surface area contributed by atoms with Gasteiger partial charge in [0.05, 0.1) is 15.9 Å². The van der Waals surface area contributed by atoms with Gasteiger partial charge in [0.1, 0.15) is 0 Å². The number of aromatic nitrogens is 2. The van der Waals surface area contributed by atoms with E-state index < -0.39 is 0 Å². The van der Waals surface area contributed by atoms with E-state index in [-0.39, 0.29) is 5.54 Å². The van der Waals surface area contributed by atoms with Gasteiger partial charge in [-0.3, -0.25) is 4.68 Å². The van der Waals surface area contributed by atoms with Gasteiger partial charge in [0, 0.05) is 19.1 Å². The maximum atomic E-state index is 4.42. The normalized spacial score (nSPS) is 12.1. The average Bonchev–Trinajstić information content (AvgIpc) is 2.57. The van der Waals surface area contributed by atoms with Crippen molar-refractivity contribution in [2.45, 2.75) is 59.0 Å². The third-order valence-corrected chi connectivity index (χ3v) is 4.95. The van der Waals surface area contributed by atoms with Crippen LogP contribution in [0.1, 0.15) is 51.4 Å². The van der Waals surface area contributed by atoms with Crippen LogP contribution in [0.4, 0.5) is 0 Å². The Morgan fingerprint density at radius 2 is 1.76 bits per heavy atom. The number of aryl methyl sites for hydroxylation is 2. The zero-order chi connectivity index (χ0) is 13.1. The van der Waals surface area contributed by atoms with E-state index in [0.717, 1.165) is 36.0 Å². The molecular weight excluding hydrogens is 278 g/mol. The zero-order valence-electron chi connectivity index (χ0n) is 11.6. The van der Waals surface area contributed by atoms with Crippen molar-refractivity contribution in [2.75, 3.05) is 0 Å². The minimum atomic E-state index is 0.262. The van der Waals surface area contributed by atoms with Crippen molar-refractivity contribution >= 4 is 15.9 Å². The van der Waals surface area contributed by atoms with Crippen molar-refractivity contribution in [1.82, 2.24) is 15.1 Å². The van der Waals surface area contributed by atoms with Crippen molar-refractivity contribution in [3.8, 4) is 0 Å². The van der Waals surface area contributed by atoms with Gasteiger partial charge in [-0.05, 0) is 42.1 Å². The Morgan fingerprint density at radius 3 is 2.12 bits per heavy atom. The van der Waals surface area contributed by atoms with E-state index in [1.165, 1.54) is 5.69 Å². The second kappa shape index (κ2) is 6.01. The molecule has 0 saturated heterocycles. The number of nitrogens with one attached hydrogen (secondary N) is 1. The molecule has 1 aromatic rings. The second-order valence-corrected chi connectivity index (χ2v) is 5.46. The van der Waals surface area contributed by atoms with Crippen LogP contribution in [0, 0.1) is 6.92 Å². The summed E-state index contributed by atoms with van der Waals surface area (Å²) in [5, 5.41) is 8.12. The van der Waals surface area contributed by atoms with Crippen LogP contribution in [0.2, 0.25) is 0 Å². The molecule has 1 aromatic heterocycles. The Bertz CT molecular complexity index is 359. The van der Waals surface area contributed by atoms with Crippen LogP contribution in [0.3, 0.4) is 0 Å². The van der Waals surface area contributed by atoms with E-state index in [2.05, 4.69) is 47.1 Å². The Balaban J connectivity index is 2.79. The third-order valence-electron chi connectivity index (χ3n) is 3.92. The van der Waals surface area contributed by atoms with Gasteiger partial charge in [0.15, 0.2) is 0 Å². The number of hydrogen-bond donors (Lipinski definition) is 1. The molecular formula is C13H24BrN3. The Morgan fingerprint density at radius 1 is 1.24 bits per heavy atom. The second-order valence-electron chi connectivity index (χ2n) is 4.66. The summed E-state index contributed by atoms with van der Waals surface area (Å²) < 4.78 is 3.09. The Kier molecular flexibility index (Phi) is 5.20. The fourth-order valence-electron chi connectivity index (χ4n) is 2.27. The largest absolute Gasteiger partial charge is 0.306 e. The minimum Gasteiger partial charge on any atom is -0.306 e. The monoisotopic (exact) mass is 301 g/mol. The van der Waals surface area contributed by atoms with Crippen molar-refractivity contribution in [3.05, 3.63) is 15.9 Å². The van der Waals surface area contributed by atoms with Crippen LogP contribution in [0.15, 0.2) is 4.47 Å². The molecule has 0 radical (unpaired) electrons. The first kappa shape index (κ1) is 14.7. The molecule has 3 nitrogen and oxygen atoms in total. The van der Waals surface area contributed by atoms with Crippen LogP contribution in [0.25, 0.3) is 0 Å². The topological polar surface area (TPSA) is 29.9 Å². The van der Waals surface area contributed by atoms with E-state index in [9.17, 15) is 0 Å². The molecule has 4 heteroatoms. The van der Waals surface area contributed by atoms with Gasteiger partial charge < -0.3 is 5.32 Å². The summed E-state index contributed by atoms with van der Waals surface area (Å²) in [6.07, 6.45) is 3.48. The molecule has 0 aliphatic heterocycles. The van der Waals surface area contributed by atoms with Gasteiger partial charge in [0.2, 0.25) is 0 Å². The lowest BCUT2D eigenvalue weighted by atomic mass is 9.90. The van der Waals surface area contributed by atoms with Crippen LogP contribution < -0.4 is 5.32 Å². The van der Waals surface area contributed by atoms with Gasteiger partial charge in [0.25, 0.3) is 0 Å². The molecule has 1 rings (SSSR count). The van der Waals surface area contributed by atoms with Gasteiger partial charge >= 0.3 is 0 Å². The molecule has 0 fully saturated rings. The first-order chi connectivity index (χ1) is 7.99. The SMILES string of the molecule is CCC(CC)(CC)NCc1c(Br)c(C)nn1C. The molecule has 1 heterocycles. The molecule has 1 N–H and O–H groups in total. The molecule has 0 amide bonds. The maximum Gasteiger partial charge on any atom is 0.0739 e. The molecule has 98 valence electrons. The van der Waals surface area contributed by atoms with E-state index in [1.54, 1.807) is 0 Å². The standard InChI is InChI=1S/C13H24BrN3/c1-6-13(7-2,8-3)15-9-11-12(14)10(4)16-17(11)5/h15H,6-9H2,1-5H3. The summed E-state index contributed by atoms with van der Waals surface area (Å²) in [4.78, 5) is 0. The lowest BCUT2D eigenvalue weighted by molar-refractivity contribution is 0.285. The first-order valence-corrected chi connectivity index (χ1v) is 7.22. The highest BCUT2D eigenvalue weighted by Gasteiger charge is 2.23. The molecule has 0 aromatic carbocycles. The molecule has 0 aliphatic rings. The Labute approximate surface area is 113 Å². The first-order valence-electron chi connectivity index (χ1n) is 6.42. The van der Waals surface area contributed by atoms with Crippen molar-refractivity contribution in [1.29, 1.82) is 0 Å². The molecule has 0 aliphatic carbocycles. The molecule has 17 heavy (non-hydrogen) atoms. The van der Waals surface area contributed by atoms with Crippen LogP contribution in [0.5, 0.6) is 0 Å². The van der Waals surface area contributed by atoms with Crippen molar-refractivity contribution in [2.24, 2.45) is 7.05 Å². The smallest absolute Gasteiger partial charge is 0.0739 e. The lowest BCUT2D eigenvalue weighted by Gasteiger charge is -2.32. The predicted octanol–water partition coefficient (Wildman–Crippen LogP) is 3.55. The minimum absolute atomic E-state index is 0.262. The van der Waals surface area contributed by atoms with Crippen molar-refractivity contribution in [3.63, 3.8) is 0 Å².